The number of ether oxygens (including phenoxy) is 1. The fourth-order valence-corrected chi connectivity index (χ4v) is 0.913. The number of carbonyl (C=O) groups excluding carboxylic acids is 1. The van der Waals surface area contributed by atoms with Crippen LogP contribution in [0.5, 0.6) is 0 Å². The normalized spacial score (nSPS) is 11.0. The molecule has 0 spiro atoms. The molecular formula is C9H13N5O2. The third kappa shape index (κ3) is 3.52. The summed E-state index contributed by atoms with van der Waals surface area (Å²) in [5.74, 6) is 0.0734. The SMILES string of the molecule is CCOC(=O)N/N=C(\N)c1cncc(C)n1. The third-order valence-electron chi connectivity index (χ3n) is 1.56. The van der Waals surface area contributed by atoms with Gasteiger partial charge in [-0.3, -0.25) is 4.98 Å². The van der Waals surface area contributed by atoms with Crippen LogP contribution in [-0.4, -0.2) is 28.5 Å². The predicted octanol–water partition coefficient (Wildman–Crippen LogP) is 0.151. The molecular weight excluding hydrogens is 210 g/mol. The Morgan fingerprint density at radius 2 is 2.38 bits per heavy atom. The molecule has 0 atom stereocenters. The highest BCUT2D eigenvalue weighted by molar-refractivity contribution is 5.95. The first-order valence-corrected chi connectivity index (χ1v) is 4.68. The van der Waals surface area contributed by atoms with Gasteiger partial charge in [-0.1, -0.05) is 0 Å². The molecule has 7 heteroatoms. The molecule has 1 heterocycles. The lowest BCUT2D eigenvalue weighted by atomic mass is 10.4. The molecule has 1 amide bonds. The summed E-state index contributed by atoms with van der Waals surface area (Å²) in [5, 5.41) is 3.62. The lowest BCUT2D eigenvalue weighted by Crippen LogP contribution is -2.25. The first-order chi connectivity index (χ1) is 7.63. The number of amides is 1. The summed E-state index contributed by atoms with van der Waals surface area (Å²) in [5.41, 5.74) is 8.84. The predicted molar refractivity (Wildman–Crippen MR) is 57.7 cm³/mol. The van der Waals surface area contributed by atoms with E-state index in [1.165, 1.54) is 6.20 Å². The Hall–Kier alpha value is -2.18. The molecule has 86 valence electrons. The summed E-state index contributed by atoms with van der Waals surface area (Å²) in [7, 11) is 0. The smallest absolute Gasteiger partial charge is 0.427 e. The maximum atomic E-state index is 10.9. The fourth-order valence-electron chi connectivity index (χ4n) is 0.913. The van der Waals surface area contributed by atoms with Crippen LogP contribution in [0.15, 0.2) is 17.5 Å². The Morgan fingerprint density at radius 3 is 3.00 bits per heavy atom. The number of hydrazone groups is 1. The minimum absolute atomic E-state index is 0.0734. The van der Waals surface area contributed by atoms with Crippen LogP contribution in [0.3, 0.4) is 0 Å². The molecule has 0 fully saturated rings. The van der Waals surface area contributed by atoms with Crippen LogP contribution in [0.4, 0.5) is 4.79 Å². The van der Waals surface area contributed by atoms with Crippen LogP contribution in [-0.2, 0) is 4.74 Å². The largest absolute Gasteiger partial charge is 0.449 e. The third-order valence-corrected chi connectivity index (χ3v) is 1.56. The first-order valence-electron chi connectivity index (χ1n) is 4.68. The van der Waals surface area contributed by atoms with Gasteiger partial charge in [0, 0.05) is 6.20 Å². The van der Waals surface area contributed by atoms with Gasteiger partial charge in [-0.15, -0.1) is 0 Å². The van der Waals surface area contributed by atoms with E-state index in [9.17, 15) is 4.79 Å². The van der Waals surface area contributed by atoms with Gasteiger partial charge >= 0.3 is 6.09 Å². The molecule has 0 radical (unpaired) electrons. The van der Waals surface area contributed by atoms with E-state index in [0.717, 1.165) is 0 Å². The zero-order valence-electron chi connectivity index (χ0n) is 9.10. The van der Waals surface area contributed by atoms with E-state index in [0.29, 0.717) is 11.4 Å². The second-order valence-corrected chi connectivity index (χ2v) is 2.88. The number of amidine groups is 1. The van der Waals surface area contributed by atoms with Gasteiger partial charge in [0.05, 0.1) is 18.5 Å². The average molecular weight is 223 g/mol. The summed E-state index contributed by atoms with van der Waals surface area (Å²) in [6, 6.07) is 0. The van der Waals surface area contributed by atoms with Gasteiger partial charge < -0.3 is 10.5 Å². The first kappa shape index (κ1) is 11.9. The van der Waals surface area contributed by atoms with Crippen molar-refractivity contribution in [3.8, 4) is 0 Å². The Labute approximate surface area is 92.7 Å². The van der Waals surface area contributed by atoms with Crippen LogP contribution in [0.25, 0.3) is 0 Å². The van der Waals surface area contributed by atoms with E-state index < -0.39 is 6.09 Å². The zero-order chi connectivity index (χ0) is 12.0. The Bertz CT molecular complexity index is 405. The zero-order valence-corrected chi connectivity index (χ0v) is 9.10. The van der Waals surface area contributed by atoms with Gasteiger partial charge in [0.2, 0.25) is 0 Å². The fraction of sp³-hybridized carbons (Fsp3) is 0.333. The molecule has 0 aliphatic rings. The second kappa shape index (κ2) is 5.64. The van der Waals surface area contributed by atoms with Crippen molar-refractivity contribution in [2.24, 2.45) is 10.8 Å². The summed E-state index contributed by atoms with van der Waals surface area (Å²) >= 11 is 0. The Kier molecular flexibility index (Phi) is 4.19. The summed E-state index contributed by atoms with van der Waals surface area (Å²) < 4.78 is 4.60. The number of carbonyl (C=O) groups is 1. The molecule has 0 saturated carbocycles. The number of rotatable bonds is 3. The van der Waals surface area contributed by atoms with Crippen LogP contribution in [0.2, 0.25) is 0 Å². The summed E-state index contributed by atoms with van der Waals surface area (Å²) in [6.45, 7) is 3.74. The maximum Gasteiger partial charge on any atom is 0.427 e. The number of nitrogens with zero attached hydrogens (tertiary/aromatic N) is 3. The molecule has 0 aromatic carbocycles. The van der Waals surface area contributed by atoms with Gasteiger partial charge in [-0.2, -0.15) is 5.10 Å². The topological polar surface area (TPSA) is 102 Å². The number of nitrogens with two attached hydrogens (primary N) is 1. The van der Waals surface area contributed by atoms with Crippen LogP contribution in [0.1, 0.15) is 18.3 Å². The van der Waals surface area contributed by atoms with Crippen LogP contribution >= 0.6 is 0 Å². The Balaban J connectivity index is 2.67. The molecule has 7 nitrogen and oxygen atoms in total. The highest BCUT2D eigenvalue weighted by Crippen LogP contribution is 1.93. The molecule has 0 aliphatic carbocycles. The quantitative estimate of drug-likeness (QED) is 0.431. The van der Waals surface area contributed by atoms with Crippen molar-refractivity contribution in [3.05, 3.63) is 23.8 Å². The average Bonchev–Trinajstić information content (AvgIpc) is 2.26. The van der Waals surface area contributed by atoms with Gasteiger partial charge in [0.25, 0.3) is 0 Å². The molecule has 0 bridgehead atoms. The number of hydrogen-bond acceptors (Lipinski definition) is 5. The lowest BCUT2D eigenvalue weighted by Gasteiger charge is -2.02. The molecule has 16 heavy (non-hydrogen) atoms. The van der Waals surface area contributed by atoms with E-state index in [1.807, 2.05) is 0 Å². The molecule has 3 N–H and O–H groups in total. The van der Waals surface area contributed by atoms with Crippen LogP contribution in [0, 0.1) is 6.92 Å². The highest BCUT2D eigenvalue weighted by Gasteiger charge is 2.03. The minimum atomic E-state index is -0.661. The number of aryl methyl sites for hydroxylation is 1. The van der Waals surface area contributed by atoms with Crippen molar-refractivity contribution in [3.63, 3.8) is 0 Å². The number of nitrogens with one attached hydrogen (secondary N) is 1. The van der Waals surface area contributed by atoms with Gasteiger partial charge in [0.15, 0.2) is 5.84 Å². The number of hydrogen-bond donors (Lipinski definition) is 2. The van der Waals surface area contributed by atoms with E-state index >= 15 is 0 Å². The van der Waals surface area contributed by atoms with Crippen molar-refractivity contribution < 1.29 is 9.53 Å². The summed E-state index contributed by atoms with van der Waals surface area (Å²) in [4.78, 5) is 18.9. The van der Waals surface area contributed by atoms with E-state index in [1.54, 1.807) is 20.0 Å². The number of aromatic nitrogens is 2. The Morgan fingerprint density at radius 1 is 1.62 bits per heavy atom. The maximum absolute atomic E-state index is 10.9. The molecule has 1 aromatic heterocycles. The molecule has 0 aliphatic heterocycles. The highest BCUT2D eigenvalue weighted by atomic mass is 16.5. The van der Waals surface area contributed by atoms with Gasteiger partial charge in [-0.05, 0) is 13.8 Å². The molecule has 1 rings (SSSR count). The lowest BCUT2D eigenvalue weighted by molar-refractivity contribution is 0.152. The van der Waals surface area contributed by atoms with Crippen molar-refractivity contribution in [2.45, 2.75) is 13.8 Å². The van der Waals surface area contributed by atoms with Crippen molar-refractivity contribution in [1.82, 2.24) is 15.4 Å². The minimum Gasteiger partial charge on any atom is -0.449 e. The van der Waals surface area contributed by atoms with Crippen molar-refractivity contribution in [2.75, 3.05) is 6.61 Å². The standard InChI is InChI=1S/C9H13N5O2/c1-3-16-9(15)14-13-8(10)7-5-11-4-6(2)12-7/h4-5H,3H2,1-2H3,(H2,10,13)(H,14,15). The molecule has 0 saturated heterocycles. The van der Waals surface area contributed by atoms with Gasteiger partial charge in [0.1, 0.15) is 5.69 Å². The molecule has 1 aromatic rings. The van der Waals surface area contributed by atoms with E-state index in [2.05, 4.69) is 25.2 Å². The van der Waals surface area contributed by atoms with Crippen molar-refractivity contribution in [1.29, 1.82) is 0 Å². The van der Waals surface area contributed by atoms with Crippen LogP contribution < -0.4 is 11.2 Å². The monoisotopic (exact) mass is 223 g/mol. The van der Waals surface area contributed by atoms with E-state index in [4.69, 9.17) is 5.73 Å². The van der Waals surface area contributed by atoms with Gasteiger partial charge in [-0.25, -0.2) is 15.2 Å². The van der Waals surface area contributed by atoms with E-state index in [-0.39, 0.29) is 12.4 Å². The van der Waals surface area contributed by atoms with Crippen molar-refractivity contribution >= 4 is 11.9 Å². The second-order valence-electron chi connectivity index (χ2n) is 2.88. The summed E-state index contributed by atoms with van der Waals surface area (Å²) in [6.07, 6.45) is 2.39. The molecule has 0 unspecified atom stereocenters.